The molecular weight excluding hydrogens is 673 g/mol. The maximum absolute atomic E-state index is 12.7. The van der Waals surface area contributed by atoms with Crippen LogP contribution in [0.5, 0.6) is 0 Å². The highest BCUT2D eigenvalue weighted by molar-refractivity contribution is 5.71. The fourth-order valence-electron chi connectivity index (χ4n) is 6.33. The second-order valence-electron chi connectivity index (χ2n) is 15.3. The highest BCUT2D eigenvalue weighted by Crippen LogP contribution is 2.14. The molecule has 0 rings (SSSR count). The number of esters is 3. The predicted octanol–water partition coefficient (Wildman–Crippen LogP) is 14.6. The van der Waals surface area contributed by atoms with Gasteiger partial charge < -0.3 is 14.2 Å². The number of ether oxygens (including phenoxy) is 3. The molecule has 0 heterocycles. The topological polar surface area (TPSA) is 78.9 Å². The van der Waals surface area contributed by atoms with E-state index in [1.54, 1.807) is 0 Å². The lowest BCUT2D eigenvalue weighted by atomic mass is 10.1. The third-order valence-electron chi connectivity index (χ3n) is 9.87. The van der Waals surface area contributed by atoms with Gasteiger partial charge in [-0.3, -0.25) is 14.4 Å². The first-order valence-electron chi connectivity index (χ1n) is 23.0. The largest absolute Gasteiger partial charge is 0.462 e. The van der Waals surface area contributed by atoms with Crippen molar-refractivity contribution in [2.24, 2.45) is 0 Å². The second-order valence-corrected chi connectivity index (χ2v) is 15.3. The molecule has 0 fully saturated rings. The fraction of sp³-hybridized carbons (Fsp3) is 0.812. The number of carbonyl (C=O) groups is 3. The first kappa shape index (κ1) is 51.6. The number of rotatable bonds is 41. The SMILES string of the molecule is CCCC/C=C\CCCCCCCC(=O)OC(COC(=O)CCCCCCC/C=C\C/C=C\CCCCCC)COC(=O)CCCCCCCCCCC. The Hall–Kier alpha value is -2.37. The minimum Gasteiger partial charge on any atom is -0.462 e. The average Bonchev–Trinajstić information content (AvgIpc) is 3.17. The summed E-state index contributed by atoms with van der Waals surface area (Å²) in [6, 6.07) is 0. The monoisotopic (exact) mass is 759 g/mol. The third kappa shape index (κ3) is 40.8. The third-order valence-corrected chi connectivity index (χ3v) is 9.87. The lowest BCUT2D eigenvalue weighted by Gasteiger charge is -2.18. The van der Waals surface area contributed by atoms with Crippen LogP contribution in [0.15, 0.2) is 36.5 Å². The van der Waals surface area contributed by atoms with Gasteiger partial charge in [-0.1, -0.05) is 179 Å². The Morgan fingerprint density at radius 3 is 1.11 bits per heavy atom. The predicted molar refractivity (Wildman–Crippen MR) is 229 cm³/mol. The Kier molecular flexibility index (Phi) is 41.5. The van der Waals surface area contributed by atoms with Crippen molar-refractivity contribution in [3.05, 3.63) is 36.5 Å². The fourth-order valence-corrected chi connectivity index (χ4v) is 6.33. The molecule has 1 unspecified atom stereocenters. The molecule has 0 aliphatic carbocycles. The normalized spacial score (nSPS) is 12.3. The quantitative estimate of drug-likeness (QED) is 0.0267. The summed E-state index contributed by atoms with van der Waals surface area (Å²) in [5, 5.41) is 0. The average molecular weight is 759 g/mol. The van der Waals surface area contributed by atoms with Crippen LogP contribution < -0.4 is 0 Å². The minimum absolute atomic E-state index is 0.0785. The highest BCUT2D eigenvalue weighted by atomic mass is 16.6. The van der Waals surface area contributed by atoms with Crippen molar-refractivity contribution in [3.63, 3.8) is 0 Å². The van der Waals surface area contributed by atoms with Gasteiger partial charge in [0.05, 0.1) is 0 Å². The van der Waals surface area contributed by atoms with Crippen LogP contribution in [-0.2, 0) is 28.6 Å². The maximum Gasteiger partial charge on any atom is 0.306 e. The summed E-state index contributed by atoms with van der Waals surface area (Å²) < 4.78 is 16.7. The number of hydrogen-bond donors (Lipinski definition) is 0. The molecule has 0 radical (unpaired) electrons. The zero-order valence-electron chi connectivity index (χ0n) is 35.7. The molecule has 0 aliphatic rings. The van der Waals surface area contributed by atoms with E-state index in [9.17, 15) is 14.4 Å². The Bertz CT molecular complexity index is 922. The number of hydrogen-bond acceptors (Lipinski definition) is 6. The summed E-state index contributed by atoms with van der Waals surface area (Å²) in [5.74, 6) is -0.904. The Balaban J connectivity index is 4.35. The lowest BCUT2D eigenvalue weighted by molar-refractivity contribution is -0.167. The summed E-state index contributed by atoms with van der Waals surface area (Å²) in [7, 11) is 0. The standard InChI is InChI=1S/C48H86O6/c1-4-7-10-13-16-19-21-22-23-24-25-27-29-32-35-38-41-47(50)53-44-45(43-52-46(49)40-37-34-31-28-18-15-12-9-6-3)54-48(51)42-39-36-33-30-26-20-17-14-11-8-5-2/h14,17,19,21,23-24,45H,4-13,15-16,18,20,22,25-44H2,1-3H3/b17-14-,21-19-,24-23-. The number of allylic oxidation sites excluding steroid dienone is 6. The van der Waals surface area contributed by atoms with Gasteiger partial charge in [-0.2, -0.15) is 0 Å². The highest BCUT2D eigenvalue weighted by Gasteiger charge is 2.19. The van der Waals surface area contributed by atoms with Crippen LogP contribution in [0.4, 0.5) is 0 Å². The lowest BCUT2D eigenvalue weighted by Crippen LogP contribution is -2.30. The van der Waals surface area contributed by atoms with Gasteiger partial charge in [0.15, 0.2) is 6.10 Å². The van der Waals surface area contributed by atoms with E-state index in [-0.39, 0.29) is 31.1 Å². The Morgan fingerprint density at radius 1 is 0.370 bits per heavy atom. The van der Waals surface area contributed by atoms with Gasteiger partial charge in [-0.15, -0.1) is 0 Å². The zero-order chi connectivity index (χ0) is 39.4. The van der Waals surface area contributed by atoms with Crippen molar-refractivity contribution >= 4 is 17.9 Å². The van der Waals surface area contributed by atoms with E-state index < -0.39 is 6.10 Å². The van der Waals surface area contributed by atoms with Crippen LogP contribution in [0.1, 0.15) is 233 Å². The maximum atomic E-state index is 12.7. The minimum atomic E-state index is -0.776. The summed E-state index contributed by atoms with van der Waals surface area (Å²) >= 11 is 0. The molecule has 6 heteroatoms. The van der Waals surface area contributed by atoms with Crippen LogP contribution in [0, 0.1) is 0 Å². The second kappa shape index (κ2) is 43.4. The van der Waals surface area contributed by atoms with Crippen LogP contribution in [0.3, 0.4) is 0 Å². The molecule has 54 heavy (non-hydrogen) atoms. The molecule has 0 saturated carbocycles. The van der Waals surface area contributed by atoms with Crippen LogP contribution in [0.25, 0.3) is 0 Å². The summed E-state index contributed by atoms with van der Waals surface area (Å²) in [6.45, 7) is 6.54. The van der Waals surface area contributed by atoms with Crippen LogP contribution >= 0.6 is 0 Å². The number of unbranched alkanes of at least 4 members (excludes halogenated alkanes) is 24. The Morgan fingerprint density at radius 2 is 0.685 bits per heavy atom. The van der Waals surface area contributed by atoms with Gasteiger partial charge in [0.25, 0.3) is 0 Å². The van der Waals surface area contributed by atoms with Gasteiger partial charge in [-0.25, -0.2) is 0 Å². The van der Waals surface area contributed by atoms with Gasteiger partial charge in [0.2, 0.25) is 0 Å². The van der Waals surface area contributed by atoms with Gasteiger partial charge in [0.1, 0.15) is 13.2 Å². The van der Waals surface area contributed by atoms with E-state index in [4.69, 9.17) is 14.2 Å². The molecule has 0 aromatic heterocycles. The van der Waals surface area contributed by atoms with Gasteiger partial charge >= 0.3 is 17.9 Å². The van der Waals surface area contributed by atoms with Gasteiger partial charge in [0, 0.05) is 19.3 Å². The van der Waals surface area contributed by atoms with E-state index in [2.05, 4.69) is 57.2 Å². The van der Waals surface area contributed by atoms with E-state index in [1.165, 1.54) is 103 Å². The van der Waals surface area contributed by atoms with Crippen molar-refractivity contribution in [2.45, 2.75) is 239 Å². The molecule has 6 nitrogen and oxygen atoms in total. The number of carbonyl (C=O) groups excluding carboxylic acids is 3. The molecule has 0 amide bonds. The molecule has 1 atom stereocenters. The molecular formula is C48H86O6. The first-order valence-corrected chi connectivity index (χ1v) is 23.0. The molecule has 0 aliphatic heterocycles. The van der Waals surface area contributed by atoms with E-state index in [1.807, 2.05) is 0 Å². The van der Waals surface area contributed by atoms with Crippen molar-refractivity contribution in [1.29, 1.82) is 0 Å². The molecule has 0 aromatic carbocycles. The summed E-state index contributed by atoms with van der Waals surface area (Å²) in [5.41, 5.74) is 0. The van der Waals surface area contributed by atoms with Crippen LogP contribution in [0.2, 0.25) is 0 Å². The summed E-state index contributed by atoms with van der Waals surface area (Å²) in [4.78, 5) is 37.7. The van der Waals surface area contributed by atoms with E-state index >= 15 is 0 Å². The molecule has 314 valence electrons. The molecule has 0 saturated heterocycles. The van der Waals surface area contributed by atoms with Crippen molar-refractivity contribution in [2.75, 3.05) is 13.2 Å². The van der Waals surface area contributed by atoms with E-state index in [0.29, 0.717) is 19.3 Å². The molecule has 0 bridgehead atoms. The van der Waals surface area contributed by atoms with Crippen molar-refractivity contribution < 1.29 is 28.6 Å². The zero-order valence-corrected chi connectivity index (χ0v) is 35.7. The molecule has 0 spiro atoms. The van der Waals surface area contributed by atoms with Gasteiger partial charge in [-0.05, 0) is 70.6 Å². The molecule has 0 aromatic rings. The summed E-state index contributed by atoms with van der Waals surface area (Å²) in [6.07, 6.45) is 48.4. The van der Waals surface area contributed by atoms with Crippen LogP contribution in [-0.4, -0.2) is 37.2 Å². The smallest absolute Gasteiger partial charge is 0.306 e. The Labute approximate surface area is 334 Å². The first-order chi connectivity index (χ1) is 26.5. The van der Waals surface area contributed by atoms with E-state index in [0.717, 1.165) is 89.9 Å². The van der Waals surface area contributed by atoms with Crippen molar-refractivity contribution in [1.82, 2.24) is 0 Å². The molecule has 0 N–H and O–H groups in total. The van der Waals surface area contributed by atoms with Crippen molar-refractivity contribution in [3.8, 4) is 0 Å².